The Morgan fingerprint density at radius 2 is 0.962 bits per heavy atom. The van der Waals surface area contributed by atoms with Gasteiger partial charge in [-0.3, -0.25) is 9.98 Å². The monoisotopic (exact) mass is 774 g/mol. The molecule has 0 N–H and O–H groups in total. The van der Waals surface area contributed by atoms with Gasteiger partial charge in [-0.25, -0.2) is 8.42 Å². The predicted molar refractivity (Wildman–Crippen MR) is 207 cm³/mol. The average molecular weight is 775 g/mol. The molecular weight excluding hydrogens is 715 g/mol. The summed E-state index contributed by atoms with van der Waals surface area (Å²) in [5.41, 5.74) is 5.55. The quantitative estimate of drug-likeness (QED) is 0.189. The third-order valence-corrected chi connectivity index (χ3v) is 10.2. The molecule has 52 heavy (non-hydrogen) atoms. The van der Waals surface area contributed by atoms with Gasteiger partial charge in [0.2, 0.25) is 0 Å². The Kier molecular flexibility index (Phi) is 14.8. The van der Waals surface area contributed by atoms with Crippen LogP contribution >= 0.6 is 0 Å². The van der Waals surface area contributed by atoms with E-state index in [1.807, 2.05) is 19.1 Å². The molecule has 7 nitrogen and oxygen atoms in total. The molecule has 0 aliphatic heterocycles. The van der Waals surface area contributed by atoms with Crippen LogP contribution in [-0.4, -0.2) is 37.5 Å². The minimum absolute atomic E-state index is 0. The molecule has 286 valence electrons. The van der Waals surface area contributed by atoms with E-state index in [-0.39, 0.29) is 66.9 Å². The number of benzene rings is 3. The van der Waals surface area contributed by atoms with Crippen molar-refractivity contribution in [2.75, 3.05) is 0 Å². The summed E-state index contributed by atoms with van der Waals surface area (Å²) >= 11 is 0. The number of aryl methyl sites for hydroxylation is 1. The van der Waals surface area contributed by atoms with Crippen LogP contribution in [0.15, 0.2) is 63.4 Å². The molecule has 1 saturated carbocycles. The summed E-state index contributed by atoms with van der Waals surface area (Å²) in [4.78, 5) is 9.77. The first kappa shape index (κ1) is 45.2. The van der Waals surface area contributed by atoms with Gasteiger partial charge in [-0.1, -0.05) is 149 Å². The van der Waals surface area contributed by atoms with Crippen LogP contribution in [0.2, 0.25) is 0 Å². The smallest absolute Gasteiger partial charge is 0.872 e. The van der Waals surface area contributed by atoms with Gasteiger partial charge in [0.1, 0.15) is 10.1 Å². The van der Waals surface area contributed by atoms with Crippen molar-refractivity contribution >= 4 is 22.5 Å². The fraction of sp³-hybridized carbons (Fsp3) is 0.535. The molecule has 0 spiro atoms. The molecular formula is C43H59CoN2O5S. The van der Waals surface area contributed by atoms with Crippen LogP contribution in [-0.2, 0) is 48.6 Å². The molecule has 0 radical (unpaired) electrons. The number of hydrogen-bond acceptors (Lipinski definition) is 7. The SMILES string of the molecule is CC(C)(C)c1cc(C=N[C@H]2CCCC[C@H]2N=Cc2cc(C(C)(C)C)cc(C(C)(C)C)c2[O-])c([O-])c(C(C)(C)C)c1.Cc1ccc(S(=O)(=O)[O-])cc1.[Co+3]. The maximum Gasteiger partial charge on any atom is 3.00 e. The van der Waals surface area contributed by atoms with Crippen molar-refractivity contribution in [1.29, 1.82) is 0 Å². The summed E-state index contributed by atoms with van der Waals surface area (Å²) in [6.45, 7) is 27.4. The van der Waals surface area contributed by atoms with Gasteiger partial charge in [0.05, 0.1) is 17.0 Å². The number of hydrogen-bond donors (Lipinski definition) is 0. The van der Waals surface area contributed by atoms with E-state index < -0.39 is 10.1 Å². The molecule has 3 aromatic carbocycles. The van der Waals surface area contributed by atoms with Gasteiger partial charge < -0.3 is 14.8 Å². The Labute approximate surface area is 324 Å². The van der Waals surface area contributed by atoms with Crippen molar-refractivity contribution in [2.45, 2.75) is 154 Å². The molecule has 4 rings (SSSR count). The van der Waals surface area contributed by atoms with E-state index in [9.17, 15) is 23.2 Å². The van der Waals surface area contributed by atoms with Crippen LogP contribution in [0.4, 0.5) is 0 Å². The van der Waals surface area contributed by atoms with Gasteiger partial charge in [0, 0.05) is 12.4 Å². The van der Waals surface area contributed by atoms with E-state index in [0.29, 0.717) is 11.1 Å². The molecule has 0 heterocycles. The second-order valence-electron chi connectivity index (χ2n) is 18.1. The van der Waals surface area contributed by atoms with E-state index in [1.54, 1.807) is 24.6 Å². The van der Waals surface area contributed by atoms with E-state index in [0.717, 1.165) is 53.5 Å². The van der Waals surface area contributed by atoms with E-state index in [4.69, 9.17) is 9.98 Å². The normalized spacial score (nSPS) is 17.5. The van der Waals surface area contributed by atoms with Gasteiger partial charge in [-0.05, 0) is 86.9 Å². The van der Waals surface area contributed by atoms with E-state index >= 15 is 0 Å². The minimum Gasteiger partial charge on any atom is -0.872 e. The Morgan fingerprint density at radius 3 is 1.25 bits per heavy atom. The molecule has 3 aromatic rings. The van der Waals surface area contributed by atoms with Crippen molar-refractivity contribution in [1.82, 2.24) is 0 Å². The molecule has 0 unspecified atom stereocenters. The summed E-state index contributed by atoms with van der Waals surface area (Å²) in [6.07, 6.45) is 7.63. The van der Waals surface area contributed by atoms with Gasteiger partial charge in [-0.2, -0.15) is 0 Å². The van der Waals surface area contributed by atoms with Crippen LogP contribution in [0.3, 0.4) is 0 Å². The number of nitrogens with zero attached hydrogens (tertiary/aromatic N) is 2. The molecule has 1 aliphatic carbocycles. The number of rotatable bonds is 5. The molecule has 1 fully saturated rings. The van der Waals surface area contributed by atoms with Gasteiger partial charge in [-0.15, -0.1) is 0 Å². The van der Waals surface area contributed by atoms with Crippen molar-refractivity contribution in [3.8, 4) is 11.5 Å². The van der Waals surface area contributed by atoms with Crippen LogP contribution in [0.1, 0.15) is 148 Å². The third-order valence-electron chi connectivity index (χ3n) is 9.40. The Morgan fingerprint density at radius 1 is 0.615 bits per heavy atom. The van der Waals surface area contributed by atoms with E-state index in [2.05, 4.69) is 95.2 Å². The standard InChI is InChI=1S/C36H54N2O2.C7H8O3S.Co/c1-33(2,3)25-17-23(31(39)27(19-25)35(7,8)9)21-37-29-15-13-14-16-30(29)38-22-24-18-26(34(4,5)6)20-28(32(24)40)36(10,11)12;1-6-2-4-7(5-3-6)11(8,9)10;/h17-22,29-30,39-40H,13-16H2,1-12H3;2-5H,1H3,(H,8,9,10);/q;;+3/p-3/t29-,30+;;. The average Bonchev–Trinajstić information content (AvgIpc) is 2.98. The second-order valence-corrected chi connectivity index (χ2v) is 19.5. The maximum absolute atomic E-state index is 13.5. The molecule has 9 heteroatoms. The fourth-order valence-electron chi connectivity index (χ4n) is 5.97. The Balaban J connectivity index is 0.000000666. The maximum atomic E-state index is 13.5. The predicted octanol–water partition coefficient (Wildman–Crippen LogP) is 8.77. The minimum atomic E-state index is -4.27. The van der Waals surface area contributed by atoms with Crippen molar-refractivity contribution in [2.24, 2.45) is 9.98 Å². The van der Waals surface area contributed by atoms with Crippen molar-refractivity contribution in [3.63, 3.8) is 0 Å². The second kappa shape index (κ2) is 17.0. The molecule has 0 amide bonds. The van der Waals surface area contributed by atoms with Crippen molar-refractivity contribution < 1.29 is 40.0 Å². The fourth-order valence-corrected chi connectivity index (χ4v) is 6.44. The van der Waals surface area contributed by atoms with Crippen LogP contribution in [0.5, 0.6) is 11.5 Å². The van der Waals surface area contributed by atoms with Gasteiger partial charge in [0.25, 0.3) is 0 Å². The molecule has 1 aliphatic rings. The van der Waals surface area contributed by atoms with Crippen molar-refractivity contribution in [3.05, 3.63) is 87.5 Å². The van der Waals surface area contributed by atoms with Crippen LogP contribution in [0.25, 0.3) is 0 Å². The Hall–Kier alpha value is -2.98. The summed E-state index contributed by atoms with van der Waals surface area (Å²) < 4.78 is 31.2. The molecule has 0 aromatic heterocycles. The van der Waals surface area contributed by atoms with Gasteiger partial charge >= 0.3 is 16.8 Å². The molecule has 2 atom stereocenters. The Bertz CT molecular complexity index is 1740. The zero-order valence-electron chi connectivity index (χ0n) is 33.4. The topological polar surface area (TPSA) is 128 Å². The first-order chi connectivity index (χ1) is 23.2. The number of aliphatic imine (C=N–C) groups is 2. The summed E-state index contributed by atoms with van der Waals surface area (Å²) in [5, 5.41) is 26.9. The van der Waals surface area contributed by atoms with Crippen LogP contribution in [0, 0.1) is 6.92 Å². The summed E-state index contributed by atoms with van der Waals surface area (Å²) in [5.74, 6) is 0.120. The largest absolute Gasteiger partial charge is 3.00 e. The molecule has 0 saturated heterocycles. The zero-order chi connectivity index (χ0) is 38.7. The van der Waals surface area contributed by atoms with Crippen LogP contribution < -0.4 is 10.2 Å². The molecule has 0 bridgehead atoms. The van der Waals surface area contributed by atoms with E-state index in [1.165, 1.54) is 12.1 Å². The summed E-state index contributed by atoms with van der Waals surface area (Å²) in [6, 6.07) is 13.9. The summed E-state index contributed by atoms with van der Waals surface area (Å²) in [7, 11) is -4.27. The zero-order valence-corrected chi connectivity index (χ0v) is 35.3. The third kappa shape index (κ3) is 12.3. The van der Waals surface area contributed by atoms with Gasteiger partial charge in [0.15, 0.2) is 0 Å². The first-order valence-electron chi connectivity index (χ1n) is 18.0. The first-order valence-corrected chi connectivity index (χ1v) is 19.4.